The number of nitrogens with zero attached hydrogens (tertiary/aromatic N) is 1. The standard InChI is InChI=1S/C18H16Cl2N2O5S2/c1-27-13-3-2-11(19)5-9(13)4-10-8-22-14(23)7-18(22,16(10)24)29(25,26)15-6-12(21)17(20)28-15/h2-3,5-6,10H,4,7-8,21H2,1H3. The van der Waals surface area contributed by atoms with E-state index < -0.39 is 26.4 Å². The number of ether oxygens (including phenoxy) is 1. The van der Waals surface area contributed by atoms with E-state index in [0.29, 0.717) is 16.3 Å². The SMILES string of the molecule is COc1ccc(Cl)cc1CC1CN2C(=O)CC2(S(=O)(=O)c2cc(N)c(Cl)s2)C1=O. The van der Waals surface area contributed by atoms with Crippen molar-refractivity contribution in [2.45, 2.75) is 21.9 Å². The molecule has 1 aromatic carbocycles. The first kappa shape index (κ1) is 20.5. The molecular formula is C18H16Cl2N2O5S2. The molecule has 154 valence electrons. The summed E-state index contributed by atoms with van der Waals surface area (Å²) in [5.74, 6) is -1.05. The third kappa shape index (κ3) is 2.86. The summed E-state index contributed by atoms with van der Waals surface area (Å²) in [5.41, 5.74) is 6.48. The zero-order valence-electron chi connectivity index (χ0n) is 15.1. The van der Waals surface area contributed by atoms with Crippen molar-refractivity contribution in [2.24, 2.45) is 5.92 Å². The van der Waals surface area contributed by atoms with Crippen LogP contribution in [0, 0.1) is 5.92 Å². The molecule has 2 saturated heterocycles. The van der Waals surface area contributed by atoms with E-state index in [2.05, 4.69) is 0 Å². The first-order valence-electron chi connectivity index (χ1n) is 8.58. The van der Waals surface area contributed by atoms with Crippen LogP contribution in [0.3, 0.4) is 0 Å². The monoisotopic (exact) mass is 474 g/mol. The van der Waals surface area contributed by atoms with Crippen molar-refractivity contribution in [2.75, 3.05) is 19.4 Å². The number of Topliss-reactive ketones (excluding diaryl/α,β-unsaturated/α-hetero) is 1. The van der Waals surface area contributed by atoms with E-state index >= 15 is 0 Å². The molecule has 0 radical (unpaired) electrons. The van der Waals surface area contributed by atoms with Crippen molar-refractivity contribution in [3.8, 4) is 5.75 Å². The third-order valence-corrected chi connectivity index (χ3v) is 9.82. The number of rotatable bonds is 5. The fourth-order valence-corrected chi connectivity index (χ4v) is 8.06. The number of nitrogens with two attached hydrogens (primary N) is 1. The van der Waals surface area contributed by atoms with Crippen LogP contribution in [0.15, 0.2) is 28.5 Å². The second-order valence-electron chi connectivity index (χ2n) is 6.98. The number of benzene rings is 1. The van der Waals surface area contributed by atoms with Gasteiger partial charge in [0.1, 0.15) is 14.3 Å². The summed E-state index contributed by atoms with van der Waals surface area (Å²) in [7, 11) is -2.68. The van der Waals surface area contributed by atoms with E-state index in [-0.39, 0.29) is 39.5 Å². The highest BCUT2D eigenvalue weighted by atomic mass is 35.5. The first-order valence-corrected chi connectivity index (χ1v) is 11.6. The Balaban J connectivity index is 1.72. The van der Waals surface area contributed by atoms with Gasteiger partial charge < -0.3 is 15.4 Å². The normalized spacial score (nSPS) is 23.8. The number of hydrogen-bond acceptors (Lipinski definition) is 7. The molecule has 11 heteroatoms. The number of hydrogen-bond donors (Lipinski definition) is 1. The van der Waals surface area contributed by atoms with Gasteiger partial charge in [-0.3, -0.25) is 9.59 Å². The van der Waals surface area contributed by atoms with Crippen LogP contribution in [-0.2, 0) is 25.8 Å². The van der Waals surface area contributed by atoms with E-state index in [4.69, 9.17) is 33.7 Å². The average molecular weight is 475 g/mol. The van der Waals surface area contributed by atoms with Gasteiger partial charge in [-0.15, -0.1) is 11.3 Å². The predicted octanol–water partition coefficient (Wildman–Crippen LogP) is 2.79. The number of fused-ring (bicyclic) bond motifs is 1. The summed E-state index contributed by atoms with van der Waals surface area (Å²) in [4.78, 5) is 24.8. The van der Waals surface area contributed by atoms with Crippen LogP contribution in [-0.4, -0.2) is 43.5 Å². The van der Waals surface area contributed by atoms with Crippen LogP contribution in [0.25, 0.3) is 0 Å². The third-order valence-electron chi connectivity index (χ3n) is 5.40. The Kier molecular flexibility index (Phi) is 4.85. The van der Waals surface area contributed by atoms with Gasteiger partial charge >= 0.3 is 0 Å². The van der Waals surface area contributed by atoms with Gasteiger partial charge in [0.05, 0.1) is 19.2 Å². The maximum Gasteiger partial charge on any atom is 0.228 e. The molecule has 0 bridgehead atoms. The minimum atomic E-state index is -4.18. The molecule has 0 saturated carbocycles. The molecule has 1 aromatic heterocycles. The lowest BCUT2D eigenvalue weighted by molar-refractivity contribution is -0.150. The number of nitrogen functional groups attached to an aromatic ring is 1. The number of carbonyl (C=O) groups is 2. The van der Waals surface area contributed by atoms with Gasteiger partial charge in [-0.1, -0.05) is 23.2 Å². The van der Waals surface area contributed by atoms with Crippen LogP contribution in [0.4, 0.5) is 5.69 Å². The Labute approximate surface area is 181 Å². The molecule has 2 aliphatic rings. The minimum Gasteiger partial charge on any atom is -0.496 e. The van der Waals surface area contributed by atoms with Gasteiger partial charge in [-0.2, -0.15) is 0 Å². The summed E-state index contributed by atoms with van der Waals surface area (Å²) < 4.78 is 32.0. The number of β-lactam (4-membered cyclic amide) rings is 1. The molecule has 0 aliphatic carbocycles. The van der Waals surface area contributed by atoms with Gasteiger partial charge in [0.15, 0.2) is 5.78 Å². The van der Waals surface area contributed by atoms with Crippen molar-refractivity contribution in [1.29, 1.82) is 0 Å². The van der Waals surface area contributed by atoms with Crippen LogP contribution in [0.1, 0.15) is 12.0 Å². The number of carbonyl (C=O) groups excluding carboxylic acids is 2. The Morgan fingerprint density at radius 1 is 1.31 bits per heavy atom. The van der Waals surface area contributed by atoms with E-state index in [1.807, 2.05) is 0 Å². The fraction of sp³-hybridized carbons (Fsp3) is 0.333. The summed E-state index contributed by atoms with van der Waals surface area (Å²) >= 11 is 12.8. The van der Waals surface area contributed by atoms with Gasteiger partial charge in [0.2, 0.25) is 20.6 Å². The lowest BCUT2D eigenvalue weighted by Crippen LogP contribution is -2.67. The number of methoxy groups -OCH3 is 1. The molecule has 3 heterocycles. The molecule has 2 atom stereocenters. The molecule has 29 heavy (non-hydrogen) atoms. The highest BCUT2D eigenvalue weighted by Crippen LogP contribution is 2.50. The molecule has 2 fully saturated rings. The topological polar surface area (TPSA) is 107 Å². The van der Waals surface area contributed by atoms with Crippen molar-refractivity contribution < 1.29 is 22.7 Å². The Hall–Kier alpha value is -1.81. The maximum atomic E-state index is 13.4. The van der Waals surface area contributed by atoms with Crippen molar-refractivity contribution >= 4 is 61.8 Å². The van der Waals surface area contributed by atoms with Gasteiger partial charge in [0, 0.05) is 17.5 Å². The number of sulfone groups is 1. The van der Waals surface area contributed by atoms with Crippen molar-refractivity contribution in [3.63, 3.8) is 0 Å². The van der Waals surface area contributed by atoms with E-state index in [9.17, 15) is 18.0 Å². The average Bonchev–Trinajstić information content (AvgIpc) is 3.12. The number of thiophene rings is 1. The molecule has 2 unspecified atom stereocenters. The number of anilines is 1. The smallest absolute Gasteiger partial charge is 0.228 e. The lowest BCUT2D eigenvalue weighted by Gasteiger charge is -2.44. The fourth-order valence-electron chi connectivity index (χ4n) is 3.96. The number of halogens is 2. The summed E-state index contributed by atoms with van der Waals surface area (Å²) in [6.07, 6.45) is -0.177. The Morgan fingerprint density at radius 2 is 2.03 bits per heavy atom. The molecular weight excluding hydrogens is 459 g/mol. The quantitative estimate of drug-likeness (QED) is 0.667. The molecule has 0 spiro atoms. The maximum absolute atomic E-state index is 13.4. The molecule has 4 rings (SSSR count). The molecule has 2 N–H and O–H groups in total. The Morgan fingerprint density at radius 3 is 2.62 bits per heavy atom. The van der Waals surface area contributed by atoms with Crippen molar-refractivity contribution in [1.82, 2.24) is 4.90 Å². The zero-order chi connectivity index (χ0) is 21.1. The van der Waals surface area contributed by atoms with Crippen LogP contribution < -0.4 is 10.5 Å². The molecule has 7 nitrogen and oxygen atoms in total. The summed E-state index contributed by atoms with van der Waals surface area (Å²) in [5, 5.41) is 0.469. The van der Waals surface area contributed by atoms with Gasteiger partial charge in [0.25, 0.3) is 0 Å². The van der Waals surface area contributed by atoms with Gasteiger partial charge in [-0.05, 0) is 36.2 Å². The second kappa shape index (κ2) is 6.87. The summed E-state index contributed by atoms with van der Waals surface area (Å²) in [6.45, 7) is 0.0150. The molecule has 1 amide bonds. The highest BCUT2D eigenvalue weighted by Gasteiger charge is 2.71. The van der Waals surface area contributed by atoms with E-state index in [0.717, 1.165) is 16.2 Å². The number of amides is 1. The van der Waals surface area contributed by atoms with Crippen LogP contribution in [0.5, 0.6) is 5.75 Å². The van der Waals surface area contributed by atoms with Gasteiger partial charge in [-0.25, -0.2) is 8.42 Å². The predicted molar refractivity (Wildman–Crippen MR) is 110 cm³/mol. The largest absolute Gasteiger partial charge is 0.496 e. The van der Waals surface area contributed by atoms with Crippen LogP contribution >= 0.6 is 34.5 Å². The van der Waals surface area contributed by atoms with Crippen LogP contribution in [0.2, 0.25) is 9.36 Å². The molecule has 2 aromatic rings. The first-order chi connectivity index (χ1) is 13.6. The van der Waals surface area contributed by atoms with E-state index in [1.165, 1.54) is 13.2 Å². The van der Waals surface area contributed by atoms with Crippen molar-refractivity contribution in [3.05, 3.63) is 39.2 Å². The molecule has 2 aliphatic heterocycles. The highest BCUT2D eigenvalue weighted by molar-refractivity contribution is 7.95. The van der Waals surface area contributed by atoms with E-state index in [1.54, 1.807) is 18.2 Å². The minimum absolute atomic E-state index is 0.0150. The Bertz CT molecular complexity index is 1130. The second-order valence-corrected chi connectivity index (χ2v) is 11.5. The zero-order valence-corrected chi connectivity index (χ0v) is 18.3. The number of ketones is 1. The summed E-state index contributed by atoms with van der Waals surface area (Å²) in [6, 6.07) is 6.25. The lowest BCUT2D eigenvalue weighted by atomic mass is 9.92.